The zero-order chi connectivity index (χ0) is 12.3. The molecule has 0 saturated heterocycles. The SMILES string of the molecule is O=C(O)CCc1cccn(C2CCCC2)c1=O. The molecule has 0 bridgehead atoms. The number of aryl methyl sites for hydroxylation is 1. The minimum Gasteiger partial charge on any atom is -0.481 e. The molecular weight excluding hydrogens is 218 g/mol. The molecule has 1 aromatic rings. The van der Waals surface area contributed by atoms with E-state index in [-0.39, 0.29) is 12.0 Å². The molecular formula is C13H17NO3. The number of carboxylic acid groups (broad SMARTS) is 1. The fraction of sp³-hybridized carbons (Fsp3) is 0.538. The largest absolute Gasteiger partial charge is 0.481 e. The maximum Gasteiger partial charge on any atom is 0.303 e. The molecule has 1 fully saturated rings. The van der Waals surface area contributed by atoms with Crippen LogP contribution in [0.2, 0.25) is 0 Å². The Labute approximate surface area is 99.9 Å². The smallest absolute Gasteiger partial charge is 0.303 e. The average Bonchev–Trinajstić information content (AvgIpc) is 2.81. The van der Waals surface area contributed by atoms with Gasteiger partial charge in [0.05, 0.1) is 0 Å². The molecule has 0 aromatic carbocycles. The van der Waals surface area contributed by atoms with Crippen LogP contribution in [-0.2, 0) is 11.2 Å². The highest BCUT2D eigenvalue weighted by atomic mass is 16.4. The molecule has 2 rings (SSSR count). The van der Waals surface area contributed by atoms with E-state index in [9.17, 15) is 9.59 Å². The van der Waals surface area contributed by atoms with Gasteiger partial charge in [0.15, 0.2) is 0 Å². The summed E-state index contributed by atoms with van der Waals surface area (Å²) in [7, 11) is 0. The van der Waals surface area contributed by atoms with Gasteiger partial charge in [-0.3, -0.25) is 9.59 Å². The van der Waals surface area contributed by atoms with Crippen molar-refractivity contribution in [2.75, 3.05) is 0 Å². The molecule has 0 amide bonds. The van der Waals surface area contributed by atoms with Crippen LogP contribution in [0.4, 0.5) is 0 Å². The number of hydrogen-bond donors (Lipinski definition) is 1. The molecule has 0 radical (unpaired) electrons. The van der Waals surface area contributed by atoms with Gasteiger partial charge in [-0.05, 0) is 25.3 Å². The molecule has 1 aliphatic rings. The lowest BCUT2D eigenvalue weighted by atomic mass is 10.1. The molecule has 4 nitrogen and oxygen atoms in total. The summed E-state index contributed by atoms with van der Waals surface area (Å²) in [5.74, 6) is -0.860. The van der Waals surface area contributed by atoms with Crippen molar-refractivity contribution in [3.8, 4) is 0 Å². The van der Waals surface area contributed by atoms with E-state index in [1.807, 2.05) is 12.3 Å². The van der Waals surface area contributed by atoms with E-state index in [4.69, 9.17) is 5.11 Å². The van der Waals surface area contributed by atoms with Crippen molar-refractivity contribution < 1.29 is 9.90 Å². The number of hydrogen-bond acceptors (Lipinski definition) is 2. The molecule has 1 aromatic heterocycles. The van der Waals surface area contributed by atoms with E-state index in [0.717, 1.165) is 12.8 Å². The van der Waals surface area contributed by atoms with Crippen LogP contribution in [-0.4, -0.2) is 15.6 Å². The van der Waals surface area contributed by atoms with E-state index < -0.39 is 5.97 Å². The van der Waals surface area contributed by atoms with Crippen LogP contribution < -0.4 is 5.56 Å². The highest BCUT2D eigenvalue weighted by molar-refractivity contribution is 5.67. The van der Waals surface area contributed by atoms with E-state index in [2.05, 4.69) is 0 Å². The van der Waals surface area contributed by atoms with E-state index in [0.29, 0.717) is 18.0 Å². The topological polar surface area (TPSA) is 59.3 Å². The van der Waals surface area contributed by atoms with Gasteiger partial charge in [0.25, 0.3) is 5.56 Å². The minimum absolute atomic E-state index is 0.0133. The van der Waals surface area contributed by atoms with Crippen molar-refractivity contribution in [3.63, 3.8) is 0 Å². The summed E-state index contributed by atoms with van der Waals surface area (Å²) >= 11 is 0. The van der Waals surface area contributed by atoms with Crippen LogP contribution in [0.5, 0.6) is 0 Å². The molecule has 1 N–H and O–H groups in total. The Hall–Kier alpha value is -1.58. The lowest BCUT2D eigenvalue weighted by molar-refractivity contribution is -0.136. The monoisotopic (exact) mass is 235 g/mol. The Kier molecular flexibility index (Phi) is 3.61. The molecule has 17 heavy (non-hydrogen) atoms. The molecule has 1 aliphatic carbocycles. The van der Waals surface area contributed by atoms with Gasteiger partial charge in [-0.15, -0.1) is 0 Å². The third kappa shape index (κ3) is 2.75. The van der Waals surface area contributed by atoms with Gasteiger partial charge in [0.2, 0.25) is 0 Å². The van der Waals surface area contributed by atoms with Crippen LogP contribution in [0, 0.1) is 0 Å². The fourth-order valence-electron chi connectivity index (χ4n) is 2.46. The van der Waals surface area contributed by atoms with E-state index >= 15 is 0 Å². The lowest BCUT2D eigenvalue weighted by Gasteiger charge is -2.14. The van der Waals surface area contributed by atoms with Crippen molar-refractivity contribution in [3.05, 3.63) is 34.2 Å². The molecule has 0 atom stereocenters. The molecule has 0 aliphatic heterocycles. The maximum absolute atomic E-state index is 12.1. The summed E-state index contributed by atoms with van der Waals surface area (Å²) in [6.45, 7) is 0. The zero-order valence-corrected chi connectivity index (χ0v) is 9.76. The van der Waals surface area contributed by atoms with E-state index in [1.54, 1.807) is 10.6 Å². The lowest BCUT2D eigenvalue weighted by Crippen LogP contribution is -2.26. The summed E-state index contributed by atoms with van der Waals surface area (Å²) in [4.78, 5) is 22.7. The first-order valence-electron chi connectivity index (χ1n) is 6.10. The third-order valence-corrected chi connectivity index (χ3v) is 3.38. The Morgan fingerprint density at radius 1 is 1.41 bits per heavy atom. The van der Waals surface area contributed by atoms with Crippen LogP contribution in [0.15, 0.2) is 23.1 Å². The number of rotatable bonds is 4. The first-order valence-corrected chi connectivity index (χ1v) is 6.10. The summed E-state index contributed by atoms with van der Waals surface area (Å²) in [6, 6.07) is 3.89. The van der Waals surface area contributed by atoms with Crippen molar-refractivity contribution in [1.82, 2.24) is 4.57 Å². The first kappa shape index (κ1) is 11.9. The summed E-state index contributed by atoms with van der Waals surface area (Å²) in [5, 5.41) is 8.64. The normalized spacial score (nSPS) is 16.2. The van der Waals surface area contributed by atoms with Gasteiger partial charge in [-0.25, -0.2) is 0 Å². The molecule has 0 unspecified atom stereocenters. The molecule has 4 heteroatoms. The van der Waals surface area contributed by atoms with Crippen LogP contribution in [0.25, 0.3) is 0 Å². The number of carbonyl (C=O) groups is 1. The molecule has 1 saturated carbocycles. The van der Waals surface area contributed by atoms with Gasteiger partial charge >= 0.3 is 5.97 Å². The van der Waals surface area contributed by atoms with Crippen molar-refractivity contribution in [2.24, 2.45) is 0 Å². The predicted molar refractivity (Wildman–Crippen MR) is 64.2 cm³/mol. The number of carboxylic acids is 1. The van der Waals surface area contributed by atoms with E-state index in [1.165, 1.54) is 12.8 Å². The summed E-state index contributed by atoms with van der Waals surface area (Å²) in [5.41, 5.74) is 0.599. The van der Waals surface area contributed by atoms with Crippen molar-refractivity contribution in [1.29, 1.82) is 0 Å². The standard InChI is InChI=1S/C13H17NO3/c15-12(16)8-7-10-4-3-9-14(13(10)17)11-5-1-2-6-11/h3-4,9,11H,1-2,5-8H2,(H,15,16). The van der Waals surface area contributed by atoms with Gasteiger partial charge in [0.1, 0.15) is 0 Å². The van der Waals surface area contributed by atoms with Gasteiger partial charge in [-0.2, -0.15) is 0 Å². The third-order valence-electron chi connectivity index (χ3n) is 3.38. The average molecular weight is 235 g/mol. The van der Waals surface area contributed by atoms with Crippen LogP contribution >= 0.6 is 0 Å². The number of aromatic nitrogens is 1. The highest BCUT2D eigenvalue weighted by Crippen LogP contribution is 2.27. The minimum atomic E-state index is -0.860. The predicted octanol–water partition coefficient (Wildman–Crippen LogP) is 1.98. The van der Waals surface area contributed by atoms with Gasteiger partial charge < -0.3 is 9.67 Å². The second-order valence-corrected chi connectivity index (χ2v) is 4.58. The molecule has 0 spiro atoms. The second-order valence-electron chi connectivity index (χ2n) is 4.58. The maximum atomic E-state index is 12.1. The summed E-state index contributed by atoms with van der Waals surface area (Å²) in [6.07, 6.45) is 6.63. The quantitative estimate of drug-likeness (QED) is 0.868. The first-order chi connectivity index (χ1) is 8.18. The highest BCUT2D eigenvalue weighted by Gasteiger charge is 2.18. The van der Waals surface area contributed by atoms with Gasteiger partial charge in [-0.1, -0.05) is 18.9 Å². The number of nitrogens with zero attached hydrogens (tertiary/aromatic N) is 1. The Morgan fingerprint density at radius 3 is 2.76 bits per heavy atom. The van der Waals surface area contributed by atoms with Crippen molar-refractivity contribution in [2.45, 2.75) is 44.6 Å². The molecule has 92 valence electrons. The Bertz CT molecular complexity index is 458. The van der Waals surface area contributed by atoms with Gasteiger partial charge in [0, 0.05) is 24.2 Å². The fourth-order valence-corrected chi connectivity index (χ4v) is 2.46. The Morgan fingerprint density at radius 2 is 2.12 bits per heavy atom. The van der Waals surface area contributed by atoms with Crippen LogP contribution in [0.3, 0.4) is 0 Å². The van der Waals surface area contributed by atoms with Crippen molar-refractivity contribution >= 4 is 5.97 Å². The number of aliphatic carboxylic acids is 1. The second kappa shape index (κ2) is 5.17. The molecule has 1 heterocycles. The Balaban J connectivity index is 2.20. The number of pyridine rings is 1. The summed E-state index contributed by atoms with van der Waals surface area (Å²) < 4.78 is 1.78. The zero-order valence-electron chi connectivity index (χ0n) is 9.76. The van der Waals surface area contributed by atoms with Crippen LogP contribution in [0.1, 0.15) is 43.7 Å².